The van der Waals surface area contributed by atoms with Crippen LogP contribution in [0, 0.1) is 5.82 Å². The molecule has 3 aromatic carbocycles. The Labute approximate surface area is 224 Å². The molecule has 8 heteroatoms. The molecule has 0 radical (unpaired) electrons. The quantitative estimate of drug-likeness (QED) is 0.264. The van der Waals surface area contributed by atoms with E-state index in [1.54, 1.807) is 42.3 Å². The van der Waals surface area contributed by atoms with Crippen LogP contribution < -0.4 is 0 Å². The van der Waals surface area contributed by atoms with Crippen molar-refractivity contribution in [3.05, 3.63) is 106 Å². The highest BCUT2D eigenvalue weighted by Crippen LogP contribution is 2.20. The number of H-pyrrole nitrogens is 1. The van der Waals surface area contributed by atoms with Gasteiger partial charge >= 0.3 is 0 Å². The molecule has 0 saturated heterocycles. The van der Waals surface area contributed by atoms with Crippen molar-refractivity contribution in [2.75, 3.05) is 33.4 Å². The van der Waals surface area contributed by atoms with E-state index in [2.05, 4.69) is 27.0 Å². The molecule has 6 nitrogen and oxygen atoms in total. The van der Waals surface area contributed by atoms with Gasteiger partial charge in [0.2, 0.25) is 5.91 Å². The fraction of sp³-hybridized carbons (Fsp3) is 0.241. The maximum absolute atomic E-state index is 13.6. The topological polar surface area (TPSA) is 65.6 Å². The maximum Gasteiger partial charge on any atom is 0.255 e. The summed E-state index contributed by atoms with van der Waals surface area (Å²) in [6.07, 6.45) is 2.60. The molecule has 0 aliphatic heterocycles. The van der Waals surface area contributed by atoms with E-state index in [0.29, 0.717) is 36.2 Å². The van der Waals surface area contributed by atoms with E-state index in [1.165, 1.54) is 17.0 Å². The molecule has 4 aromatic rings. The second-order valence-electron chi connectivity index (χ2n) is 8.75. The monoisotopic (exact) mass is 565 g/mol. The van der Waals surface area contributed by atoms with Gasteiger partial charge in [-0.2, -0.15) is 0 Å². The molecule has 0 aliphatic rings. The van der Waals surface area contributed by atoms with Crippen LogP contribution in [0.4, 0.5) is 4.39 Å². The second-order valence-corrected chi connectivity index (χ2v) is 9.60. The third kappa shape index (κ3) is 6.84. The van der Waals surface area contributed by atoms with Crippen molar-refractivity contribution in [2.45, 2.75) is 13.0 Å². The van der Waals surface area contributed by atoms with E-state index < -0.39 is 0 Å². The maximum atomic E-state index is 13.6. The summed E-state index contributed by atoms with van der Waals surface area (Å²) in [7, 11) is 1.56. The van der Waals surface area contributed by atoms with Crippen molar-refractivity contribution < 1.29 is 18.7 Å². The van der Waals surface area contributed by atoms with E-state index in [0.717, 1.165) is 22.0 Å². The number of carbonyl (C=O) groups excluding carboxylic acids is 2. The number of methoxy groups -OCH3 is 1. The minimum Gasteiger partial charge on any atom is -0.383 e. The lowest BCUT2D eigenvalue weighted by Gasteiger charge is -2.28. The van der Waals surface area contributed by atoms with Crippen molar-refractivity contribution in [1.29, 1.82) is 0 Å². The number of hydrogen-bond donors (Lipinski definition) is 1. The van der Waals surface area contributed by atoms with Gasteiger partial charge in [-0.1, -0.05) is 42.5 Å². The van der Waals surface area contributed by atoms with Gasteiger partial charge in [0.1, 0.15) is 12.4 Å². The highest BCUT2D eigenvalue weighted by atomic mass is 79.9. The molecule has 1 heterocycles. The second kappa shape index (κ2) is 12.7. The number of aromatic nitrogens is 1. The van der Waals surface area contributed by atoms with Gasteiger partial charge in [0.05, 0.1) is 12.2 Å². The van der Waals surface area contributed by atoms with Crippen LogP contribution in [0.15, 0.2) is 83.5 Å². The standard InChI is InChI=1S/C29H29BrFN3O3/c1-37-17-16-34(29(36)25-7-2-4-8-26(25)30)20-28(35)33(19-21-10-12-23(31)13-11-21)15-14-22-18-32-27-9-5-3-6-24(22)27/h2-13,18,32H,14-17,19-20H2,1H3. The van der Waals surface area contributed by atoms with E-state index in [1.807, 2.05) is 30.5 Å². The number of nitrogens with zero attached hydrogens (tertiary/aromatic N) is 2. The predicted molar refractivity (Wildman–Crippen MR) is 146 cm³/mol. The zero-order valence-electron chi connectivity index (χ0n) is 20.6. The lowest BCUT2D eigenvalue weighted by molar-refractivity contribution is -0.132. The molecule has 0 unspecified atom stereocenters. The summed E-state index contributed by atoms with van der Waals surface area (Å²) in [6.45, 7) is 1.23. The number of hydrogen-bond acceptors (Lipinski definition) is 3. The van der Waals surface area contributed by atoms with Crippen molar-refractivity contribution in [2.24, 2.45) is 0 Å². The molecule has 0 aliphatic carbocycles. The fourth-order valence-electron chi connectivity index (χ4n) is 4.22. The van der Waals surface area contributed by atoms with Gasteiger partial charge in [0, 0.05) is 48.3 Å². The van der Waals surface area contributed by atoms with Crippen LogP contribution >= 0.6 is 15.9 Å². The first-order valence-electron chi connectivity index (χ1n) is 12.1. The van der Waals surface area contributed by atoms with Gasteiger partial charge in [-0.25, -0.2) is 4.39 Å². The van der Waals surface area contributed by atoms with Crippen LogP contribution in [0.2, 0.25) is 0 Å². The third-order valence-electron chi connectivity index (χ3n) is 6.25. The average molecular weight is 566 g/mol. The van der Waals surface area contributed by atoms with Gasteiger partial charge in [0.15, 0.2) is 0 Å². The van der Waals surface area contributed by atoms with Crippen LogP contribution in [0.3, 0.4) is 0 Å². The van der Waals surface area contributed by atoms with Gasteiger partial charge in [-0.05, 0) is 63.8 Å². The van der Waals surface area contributed by atoms with E-state index in [9.17, 15) is 14.0 Å². The highest BCUT2D eigenvalue weighted by molar-refractivity contribution is 9.10. The summed E-state index contributed by atoms with van der Waals surface area (Å²) in [5, 5.41) is 1.11. The lowest BCUT2D eigenvalue weighted by Crippen LogP contribution is -2.44. The van der Waals surface area contributed by atoms with Crippen LogP contribution in [0.5, 0.6) is 0 Å². The van der Waals surface area contributed by atoms with Crippen LogP contribution in [-0.2, 0) is 22.5 Å². The molecule has 0 saturated carbocycles. The average Bonchev–Trinajstić information content (AvgIpc) is 3.33. The van der Waals surface area contributed by atoms with Crippen molar-refractivity contribution in [3.8, 4) is 0 Å². The predicted octanol–water partition coefficient (Wildman–Crippen LogP) is 5.43. The van der Waals surface area contributed by atoms with Crippen molar-refractivity contribution >= 4 is 38.6 Å². The van der Waals surface area contributed by atoms with E-state index in [4.69, 9.17) is 4.74 Å². The van der Waals surface area contributed by atoms with Gasteiger partial charge in [-0.3, -0.25) is 9.59 Å². The molecule has 1 N–H and O–H groups in total. The largest absolute Gasteiger partial charge is 0.383 e. The van der Waals surface area contributed by atoms with Crippen LogP contribution in [0.1, 0.15) is 21.5 Å². The molecule has 0 bridgehead atoms. The van der Waals surface area contributed by atoms with Gasteiger partial charge < -0.3 is 19.5 Å². The Morgan fingerprint density at radius 1 is 0.946 bits per heavy atom. The smallest absolute Gasteiger partial charge is 0.255 e. The number of amides is 2. The number of fused-ring (bicyclic) bond motifs is 1. The van der Waals surface area contributed by atoms with Crippen LogP contribution in [0.25, 0.3) is 10.9 Å². The Hall–Kier alpha value is -3.49. The SMILES string of the molecule is COCCN(CC(=O)N(CCc1c[nH]c2ccccc12)Cc1ccc(F)cc1)C(=O)c1ccccc1Br. The molecular weight excluding hydrogens is 537 g/mol. The number of nitrogens with one attached hydrogen (secondary N) is 1. The summed E-state index contributed by atoms with van der Waals surface area (Å²) in [4.78, 5) is 33.5. The Balaban J connectivity index is 1.55. The first-order chi connectivity index (χ1) is 18.0. The highest BCUT2D eigenvalue weighted by Gasteiger charge is 2.24. The number of carbonyl (C=O) groups is 2. The first-order valence-corrected chi connectivity index (χ1v) is 12.9. The van der Waals surface area contributed by atoms with Crippen molar-refractivity contribution in [1.82, 2.24) is 14.8 Å². The number of ether oxygens (including phenoxy) is 1. The molecular formula is C29H29BrFN3O3. The summed E-state index contributed by atoms with van der Waals surface area (Å²) < 4.78 is 19.4. The minimum absolute atomic E-state index is 0.0986. The lowest BCUT2D eigenvalue weighted by atomic mass is 10.1. The molecule has 1 aromatic heterocycles. The number of rotatable bonds is 11. The number of halogens is 2. The normalized spacial score (nSPS) is 11.0. The Bertz CT molecular complexity index is 1360. The molecule has 0 fully saturated rings. The molecule has 0 atom stereocenters. The minimum atomic E-state index is -0.329. The molecule has 2 amide bonds. The summed E-state index contributed by atoms with van der Waals surface area (Å²) >= 11 is 3.44. The first kappa shape index (κ1) is 26.6. The summed E-state index contributed by atoms with van der Waals surface area (Å²) in [6, 6.07) is 21.3. The van der Waals surface area contributed by atoms with E-state index >= 15 is 0 Å². The fourth-order valence-corrected chi connectivity index (χ4v) is 4.67. The summed E-state index contributed by atoms with van der Waals surface area (Å²) in [5.41, 5.74) is 3.44. The number of benzene rings is 3. The van der Waals surface area contributed by atoms with Crippen molar-refractivity contribution in [3.63, 3.8) is 0 Å². The Kier molecular flexibility index (Phi) is 9.09. The van der Waals surface area contributed by atoms with Gasteiger partial charge in [0.25, 0.3) is 5.91 Å². The van der Waals surface area contributed by atoms with Crippen LogP contribution in [-0.4, -0.2) is 59.9 Å². The number of aromatic amines is 1. The Morgan fingerprint density at radius 3 is 2.43 bits per heavy atom. The zero-order valence-corrected chi connectivity index (χ0v) is 22.2. The summed E-state index contributed by atoms with van der Waals surface area (Å²) in [5.74, 6) is -0.776. The zero-order chi connectivity index (χ0) is 26.2. The Morgan fingerprint density at radius 2 is 1.68 bits per heavy atom. The molecule has 0 spiro atoms. The van der Waals surface area contributed by atoms with E-state index in [-0.39, 0.29) is 30.7 Å². The molecule has 4 rings (SSSR count). The third-order valence-corrected chi connectivity index (χ3v) is 6.94. The van der Waals surface area contributed by atoms with Gasteiger partial charge in [-0.15, -0.1) is 0 Å². The number of para-hydroxylation sites is 1. The molecule has 192 valence electrons. The molecule has 37 heavy (non-hydrogen) atoms.